The molecule has 3 rings (SSSR count). The lowest BCUT2D eigenvalue weighted by Gasteiger charge is -2.21. The Morgan fingerprint density at radius 2 is 2.29 bits per heavy atom. The van der Waals surface area contributed by atoms with E-state index in [1.165, 1.54) is 0 Å². The number of thioether (sulfide) groups is 1. The summed E-state index contributed by atoms with van der Waals surface area (Å²) in [5, 5.41) is 3.09. The summed E-state index contributed by atoms with van der Waals surface area (Å²) in [5.41, 5.74) is 1.24. The molecule has 0 radical (unpaired) electrons. The fraction of sp³-hybridized carbons (Fsp3) is 0.375. The number of aromatic nitrogens is 2. The number of hydrogen-bond donors (Lipinski definition) is 0. The summed E-state index contributed by atoms with van der Waals surface area (Å²) in [6.07, 6.45) is 5.25. The van der Waals surface area contributed by atoms with E-state index >= 15 is 0 Å². The number of rotatable bonds is 1. The van der Waals surface area contributed by atoms with Crippen molar-refractivity contribution in [3.8, 4) is 0 Å². The third-order valence-electron chi connectivity index (χ3n) is 3.27. The lowest BCUT2D eigenvalue weighted by atomic mass is 10.1. The molecule has 1 atom stereocenters. The molecule has 1 aliphatic heterocycles. The minimum absolute atomic E-state index is 0.231. The van der Waals surface area contributed by atoms with Crippen molar-refractivity contribution in [3.05, 3.63) is 41.7 Å². The largest absolute Gasteiger partial charge is 0.443 e. The predicted molar refractivity (Wildman–Crippen MR) is 85.7 cm³/mol. The summed E-state index contributed by atoms with van der Waals surface area (Å²) in [7, 11) is 0. The van der Waals surface area contributed by atoms with Gasteiger partial charge in [0.15, 0.2) is 0 Å². The van der Waals surface area contributed by atoms with Crippen molar-refractivity contribution in [1.82, 2.24) is 9.55 Å². The van der Waals surface area contributed by atoms with Crippen LogP contribution in [-0.2, 0) is 4.74 Å². The maximum atomic E-state index is 12.6. The number of ether oxygens (including phenoxy) is 1. The molecule has 2 aromatic rings. The van der Waals surface area contributed by atoms with E-state index in [1.54, 1.807) is 28.7 Å². The molecule has 0 fully saturated rings. The maximum absolute atomic E-state index is 12.6. The van der Waals surface area contributed by atoms with Crippen LogP contribution in [0.1, 0.15) is 32.4 Å². The second kappa shape index (κ2) is 5.22. The summed E-state index contributed by atoms with van der Waals surface area (Å²) in [5.74, 6) is 1.18. The van der Waals surface area contributed by atoms with Gasteiger partial charge in [-0.05, 0) is 38.3 Å². The lowest BCUT2D eigenvalue weighted by Crippen LogP contribution is -2.28. The minimum atomic E-state index is -0.520. The first-order chi connectivity index (χ1) is 9.96. The van der Waals surface area contributed by atoms with Gasteiger partial charge in [-0.2, -0.15) is 0 Å². The van der Waals surface area contributed by atoms with Crippen molar-refractivity contribution in [2.75, 3.05) is 5.75 Å². The zero-order chi connectivity index (χ0) is 15.0. The van der Waals surface area contributed by atoms with E-state index in [0.717, 1.165) is 22.3 Å². The average Bonchev–Trinajstić information content (AvgIpc) is 3.03. The average molecular weight is 302 g/mol. The molecule has 4 nitrogen and oxygen atoms in total. The molecule has 0 aliphatic carbocycles. The molecule has 0 amide bonds. The Hall–Kier alpha value is -1.75. The minimum Gasteiger partial charge on any atom is -0.443 e. The second-order valence-corrected chi connectivity index (χ2v) is 7.03. The van der Waals surface area contributed by atoms with E-state index in [4.69, 9.17) is 4.74 Å². The molecule has 0 N–H and O–H groups in total. The van der Waals surface area contributed by atoms with Gasteiger partial charge in [0.05, 0.1) is 11.7 Å². The lowest BCUT2D eigenvalue weighted by molar-refractivity contribution is 0.0539. The predicted octanol–water partition coefficient (Wildman–Crippen LogP) is 4.16. The summed E-state index contributed by atoms with van der Waals surface area (Å²) in [4.78, 5) is 16.7. The van der Waals surface area contributed by atoms with Crippen molar-refractivity contribution >= 4 is 28.8 Å². The summed E-state index contributed by atoms with van der Waals surface area (Å²) in [6.45, 7) is 5.62. The van der Waals surface area contributed by atoms with E-state index in [9.17, 15) is 4.79 Å². The van der Waals surface area contributed by atoms with E-state index in [2.05, 4.69) is 22.5 Å². The number of carbonyl (C=O) groups is 1. The van der Waals surface area contributed by atoms with Crippen molar-refractivity contribution < 1.29 is 9.53 Å². The Labute approximate surface area is 128 Å². The van der Waals surface area contributed by atoms with Gasteiger partial charge in [0.1, 0.15) is 5.60 Å². The van der Waals surface area contributed by atoms with Crippen LogP contribution in [0.25, 0.3) is 10.9 Å². The number of allylic oxidation sites excluding steroid dienone is 1. The number of carbonyl (C=O) groups excluding carboxylic acids is 1. The Kier molecular flexibility index (Phi) is 3.53. The zero-order valence-electron chi connectivity index (χ0n) is 12.4. The maximum Gasteiger partial charge on any atom is 0.419 e. The smallest absolute Gasteiger partial charge is 0.419 e. The second-order valence-electron chi connectivity index (χ2n) is 6.09. The topological polar surface area (TPSA) is 44.1 Å². The highest BCUT2D eigenvalue weighted by Gasteiger charge is 2.26. The van der Waals surface area contributed by atoms with Crippen molar-refractivity contribution in [1.29, 1.82) is 0 Å². The zero-order valence-corrected chi connectivity index (χ0v) is 13.2. The number of hydrogen-bond acceptors (Lipinski definition) is 4. The van der Waals surface area contributed by atoms with Gasteiger partial charge >= 0.3 is 6.09 Å². The van der Waals surface area contributed by atoms with Gasteiger partial charge in [0.25, 0.3) is 0 Å². The number of pyridine rings is 1. The molecule has 2 aromatic heterocycles. The molecular formula is C16H18N2O2S. The van der Waals surface area contributed by atoms with Crippen LogP contribution in [0.4, 0.5) is 4.79 Å². The highest BCUT2D eigenvalue weighted by molar-refractivity contribution is 8.02. The monoisotopic (exact) mass is 302 g/mol. The Morgan fingerprint density at radius 1 is 1.48 bits per heavy atom. The van der Waals surface area contributed by atoms with Crippen LogP contribution in [0.5, 0.6) is 0 Å². The van der Waals surface area contributed by atoms with Crippen LogP contribution in [0, 0.1) is 0 Å². The fourth-order valence-electron chi connectivity index (χ4n) is 2.40. The molecule has 110 valence electrons. The van der Waals surface area contributed by atoms with Gasteiger partial charge < -0.3 is 4.74 Å². The Bertz CT molecular complexity index is 713. The highest BCUT2D eigenvalue weighted by atomic mass is 32.2. The van der Waals surface area contributed by atoms with Crippen LogP contribution in [-0.4, -0.2) is 27.0 Å². The molecule has 1 aliphatic rings. The standard InChI is InChI=1S/C16H18N2O2S/c1-16(2,3)20-15(19)18-13(12-5-7-21-10-12)8-11-4-6-17-9-14(11)18/h4-9,12H,10H2,1-3H3. The molecular weight excluding hydrogens is 284 g/mol. The Morgan fingerprint density at radius 3 is 2.95 bits per heavy atom. The quantitative estimate of drug-likeness (QED) is 0.793. The molecule has 0 aromatic carbocycles. The first-order valence-corrected chi connectivity index (χ1v) is 7.97. The van der Waals surface area contributed by atoms with Crippen molar-refractivity contribution in [2.24, 2.45) is 0 Å². The molecule has 0 spiro atoms. The van der Waals surface area contributed by atoms with Gasteiger partial charge in [-0.15, -0.1) is 11.8 Å². The number of nitrogens with zero attached hydrogens (tertiary/aromatic N) is 2. The molecule has 5 heteroatoms. The van der Waals surface area contributed by atoms with E-state index in [1.807, 2.05) is 26.8 Å². The van der Waals surface area contributed by atoms with Crippen molar-refractivity contribution in [3.63, 3.8) is 0 Å². The molecule has 1 unspecified atom stereocenters. The first kappa shape index (κ1) is 14.2. The normalized spacial score (nSPS) is 18.3. The SMILES string of the molecule is CC(C)(C)OC(=O)n1c(C2C=CSC2)cc2ccncc21. The summed E-state index contributed by atoms with van der Waals surface area (Å²) < 4.78 is 7.22. The van der Waals surface area contributed by atoms with Crippen LogP contribution in [0.2, 0.25) is 0 Å². The third kappa shape index (κ3) is 2.83. The Balaban J connectivity index is 2.11. The van der Waals surface area contributed by atoms with Crippen molar-refractivity contribution in [2.45, 2.75) is 32.3 Å². The van der Waals surface area contributed by atoms with Gasteiger partial charge in [-0.3, -0.25) is 4.98 Å². The first-order valence-electron chi connectivity index (χ1n) is 6.93. The van der Waals surface area contributed by atoms with E-state index < -0.39 is 5.60 Å². The fourth-order valence-corrected chi connectivity index (χ4v) is 3.30. The van der Waals surface area contributed by atoms with E-state index in [0.29, 0.717) is 0 Å². The molecule has 0 saturated carbocycles. The van der Waals surface area contributed by atoms with Crippen LogP contribution in [0.3, 0.4) is 0 Å². The highest BCUT2D eigenvalue weighted by Crippen LogP contribution is 2.33. The molecule has 3 heterocycles. The van der Waals surface area contributed by atoms with Crippen LogP contribution >= 0.6 is 11.8 Å². The van der Waals surface area contributed by atoms with Gasteiger partial charge in [0, 0.05) is 28.9 Å². The molecule has 0 bridgehead atoms. The van der Waals surface area contributed by atoms with E-state index in [-0.39, 0.29) is 12.0 Å². The summed E-state index contributed by atoms with van der Waals surface area (Å²) >= 11 is 1.76. The third-order valence-corrected chi connectivity index (χ3v) is 4.18. The van der Waals surface area contributed by atoms with Crippen LogP contribution < -0.4 is 0 Å². The summed E-state index contributed by atoms with van der Waals surface area (Å²) in [6, 6.07) is 3.98. The molecule has 21 heavy (non-hydrogen) atoms. The van der Waals surface area contributed by atoms with Crippen LogP contribution in [0.15, 0.2) is 36.0 Å². The van der Waals surface area contributed by atoms with Gasteiger partial charge in [-0.1, -0.05) is 6.08 Å². The molecule has 0 saturated heterocycles. The number of fused-ring (bicyclic) bond motifs is 1. The van der Waals surface area contributed by atoms with Gasteiger partial charge in [-0.25, -0.2) is 9.36 Å². The van der Waals surface area contributed by atoms with Gasteiger partial charge in [0.2, 0.25) is 0 Å².